The minimum Gasteiger partial charge on any atom is -0.507 e. The van der Waals surface area contributed by atoms with Gasteiger partial charge in [0.05, 0.1) is 5.57 Å². The second-order valence-electron chi connectivity index (χ2n) is 7.33. The van der Waals surface area contributed by atoms with Crippen LogP contribution in [0.25, 0.3) is 5.76 Å². The number of hydrogen-bond donors (Lipinski definition) is 1. The monoisotopic (exact) mass is 396 g/mol. The highest BCUT2D eigenvalue weighted by Crippen LogP contribution is 2.39. The van der Waals surface area contributed by atoms with Gasteiger partial charge in [-0.2, -0.15) is 0 Å². The fourth-order valence-electron chi connectivity index (χ4n) is 3.66. The van der Waals surface area contributed by atoms with E-state index in [0.29, 0.717) is 30.2 Å². The van der Waals surface area contributed by atoms with Gasteiger partial charge < -0.3 is 19.3 Å². The van der Waals surface area contributed by atoms with E-state index < -0.39 is 17.7 Å². The molecule has 154 valence electrons. The van der Waals surface area contributed by atoms with Gasteiger partial charge in [-0.25, -0.2) is 0 Å². The maximum absolute atomic E-state index is 12.9. The minimum absolute atomic E-state index is 0.0766. The van der Waals surface area contributed by atoms with Crippen LogP contribution in [0.5, 0.6) is 0 Å². The first-order valence-corrected chi connectivity index (χ1v) is 10.0. The number of likely N-dealkylation sites (N-methyl/N-ethyl adjacent to an activating group) is 1. The molecule has 29 heavy (non-hydrogen) atoms. The number of rotatable bonds is 7. The van der Waals surface area contributed by atoms with Crippen LogP contribution in [-0.2, 0) is 9.59 Å². The van der Waals surface area contributed by atoms with E-state index >= 15 is 0 Å². The summed E-state index contributed by atoms with van der Waals surface area (Å²) in [5.74, 6) is -0.293. The van der Waals surface area contributed by atoms with E-state index in [-0.39, 0.29) is 11.3 Å². The lowest BCUT2D eigenvalue weighted by molar-refractivity contribution is -0.140. The smallest absolute Gasteiger partial charge is 0.295 e. The van der Waals surface area contributed by atoms with E-state index in [1.54, 1.807) is 24.3 Å². The Labute approximate surface area is 171 Å². The third-order valence-corrected chi connectivity index (χ3v) is 5.45. The molecule has 1 fully saturated rings. The normalized spacial score (nSPS) is 18.8. The molecule has 2 aromatic rings. The Morgan fingerprint density at radius 3 is 2.28 bits per heavy atom. The number of benzene rings is 1. The molecule has 1 aliphatic heterocycles. The van der Waals surface area contributed by atoms with E-state index in [9.17, 15) is 14.7 Å². The molecule has 2 heterocycles. The van der Waals surface area contributed by atoms with Crippen LogP contribution < -0.4 is 0 Å². The zero-order chi connectivity index (χ0) is 21.1. The summed E-state index contributed by atoms with van der Waals surface area (Å²) in [6, 6.07) is 10.0. The van der Waals surface area contributed by atoms with Gasteiger partial charge >= 0.3 is 0 Å². The number of amides is 1. The van der Waals surface area contributed by atoms with E-state index in [4.69, 9.17) is 4.42 Å². The SMILES string of the molecule is CCN(CC)CCN1C(=O)C(=O)/C(=C(/O)c2ccc(C)cc2)C1c1ccc(C)o1. The molecule has 1 N–H and O–H groups in total. The van der Waals surface area contributed by atoms with Crippen LogP contribution in [0.3, 0.4) is 0 Å². The molecule has 0 saturated carbocycles. The highest BCUT2D eigenvalue weighted by molar-refractivity contribution is 6.46. The Morgan fingerprint density at radius 1 is 1.07 bits per heavy atom. The number of aryl methyl sites for hydroxylation is 2. The molecule has 0 spiro atoms. The third kappa shape index (κ3) is 4.12. The lowest BCUT2D eigenvalue weighted by Crippen LogP contribution is -2.37. The summed E-state index contributed by atoms with van der Waals surface area (Å²) in [6.07, 6.45) is 0. The van der Waals surface area contributed by atoms with E-state index in [1.165, 1.54) is 4.90 Å². The molecule has 1 aromatic heterocycles. The number of furan rings is 1. The average Bonchev–Trinajstić information content (AvgIpc) is 3.24. The first kappa shape index (κ1) is 20.9. The second-order valence-corrected chi connectivity index (χ2v) is 7.33. The van der Waals surface area contributed by atoms with Crippen molar-refractivity contribution in [1.82, 2.24) is 9.80 Å². The maximum Gasteiger partial charge on any atom is 0.295 e. The van der Waals surface area contributed by atoms with Crippen LogP contribution >= 0.6 is 0 Å². The summed E-state index contributed by atoms with van der Waals surface area (Å²) in [4.78, 5) is 29.5. The fraction of sp³-hybridized carbons (Fsp3) is 0.391. The van der Waals surface area contributed by atoms with Crippen molar-refractivity contribution in [1.29, 1.82) is 0 Å². The molecule has 1 aromatic carbocycles. The Hall–Kier alpha value is -2.86. The number of hydrogen-bond acceptors (Lipinski definition) is 5. The van der Waals surface area contributed by atoms with Crippen LogP contribution in [0.1, 0.15) is 42.5 Å². The second kappa shape index (κ2) is 8.66. The molecule has 0 radical (unpaired) electrons. The van der Waals surface area contributed by atoms with Gasteiger partial charge in [0.1, 0.15) is 23.3 Å². The zero-order valence-electron chi connectivity index (χ0n) is 17.4. The van der Waals surface area contributed by atoms with Gasteiger partial charge in [0, 0.05) is 18.7 Å². The number of Topliss-reactive ketones (excluding diaryl/α,β-unsaturated/α-hetero) is 1. The van der Waals surface area contributed by atoms with Crippen molar-refractivity contribution < 1.29 is 19.1 Å². The molecule has 0 aliphatic carbocycles. The number of ketones is 1. The first-order chi connectivity index (χ1) is 13.9. The summed E-state index contributed by atoms with van der Waals surface area (Å²) in [7, 11) is 0. The molecule has 6 nitrogen and oxygen atoms in total. The van der Waals surface area contributed by atoms with Gasteiger partial charge in [0.2, 0.25) is 0 Å². The molecule has 1 aliphatic rings. The van der Waals surface area contributed by atoms with Crippen molar-refractivity contribution in [2.24, 2.45) is 0 Å². The fourth-order valence-corrected chi connectivity index (χ4v) is 3.66. The summed E-state index contributed by atoms with van der Waals surface area (Å²) < 4.78 is 5.78. The van der Waals surface area contributed by atoms with Crippen LogP contribution in [0.2, 0.25) is 0 Å². The molecule has 1 saturated heterocycles. The quantitative estimate of drug-likeness (QED) is 0.439. The predicted molar refractivity (Wildman–Crippen MR) is 111 cm³/mol. The number of aliphatic hydroxyl groups excluding tert-OH is 1. The van der Waals surface area contributed by atoms with Gasteiger partial charge in [-0.1, -0.05) is 43.7 Å². The number of carbonyl (C=O) groups excluding carboxylic acids is 2. The van der Waals surface area contributed by atoms with Crippen molar-refractivity contribution in [3.8, 4) is 0 Å². The average molecular weight is 396 g/mol. The molecule has 6 heteroatoms. The molecule has 1 amide bonds. The molecule has 0 bridgehead atoms. The number of carbonyl (C=O) groups is 2. The topological polar surface area (TPSA) is 74.0 Å². The van der Waals surface area contributed by atoms with E-state index in [2.05, 4.69) is 18.7 Å². The molecule has 1 atom stereocenters. The van der Waals surface area contributed by atoms with Crippen molar-refractivity contribution in [3.63, 3.8) is 0 Å². The standard InChI is InChI=1S/C23H28N2O4/c1-5-24(6-2)13-14-25-20(18-12-9-16(4)29-18)19(22(27)23(25)28)21(26)17-10-7-15(3)8-11-17/h7-12,20,26H,5-6,13-14H2,1-4H3/b21-19+. The molecule has 1 unspecified atom stereocenters. The van der Waals surface area contributed by atoms with Crippen LogP contribution in [0.15, 0.2) is 46.4 Å². The minimum atomic E-state index is -0.736. The first-order valence-electron chi connectivity index (χ1n) is 10.0. The van der Waals surface area contributed by atoms with Gasteiger partial charge in [0.15, 0.2) is 0 Å². The number of nitrogens with zero attached hydrogens (tertiary/aromatic N) is 2. The van der Waals surface area contributed by atoms with Gasteiger partial charge in [0.25, 0.3) is 11.7 Å². The predicted octanol–water partition coefficient (Wildman–Crippen LogP) is 3.66. The van der Waals surface area contributed by atoms with E-state index in [0.717, 1.165) is 18.7 Å². The van der Waals surface area contributed by atoms with Crippen LogP contribution in [0.4, 0.5) is 0 Å². The Morgan fingerprint density at radius 2 is 1.72 bits per heavy atom. The Kier molecular flexibility index (Phi) is 6.23. The van der Waals surface area contributed by atoms with E-state index in [1.807, 2.05) is 26.0 Å². The summed E-state index contributed by atoms with van der Waals surface area (Å²) >= 11 is 0. The Balaban J connectivity index is 2.06. The lowest BCUT2D eigenvalue weighted by Gasteiger charge is -2.26. The van der Waals surface area contributed by atoms with Crippen LogP contribution in [0, 0.1) is 13.8 Å². The van der Waals surface area contributed by atoms with Crippen molar-refractivity contribution >= 4 is 17.4 Å². The largest absolute Gasteiger partial charge is 0.507 e. The lowest BCUT2D eigenvalue weighted by atomic mass is 9.99. The molecular formula is C23H28N2O4. The van der Waals surface area contributed by atoms with Gasteiger partial charge in [-0.15, -0.1) is 0 Å². The molecular weight excluding hydrogens is 368 g/mol. The van der Waals surface area contributed by atoms with Gasteiger partial charge in [-0.3, -0.25) is 9.59 Å². The summed E-state index contributed by atoms with van der Waals surface area (Å²) in [6.45, 7) is 10.6. The number of likely N-dealkylation sites (tertiary alicyclic amines) is 1. The molecule has 3 rings (SSSR count). The van der Waals surface area contributed by atoms with Gasteiger partial charge in [-0.05, 0) is 39.1 Å². The highest BCUT2D eigenvalue weighted by Gasteiger charge is 2.47. The third-order valence-electron chi connectivity index (χ3n) is 5.45. The highest BCUT2D eigenvalue weighted by atomic mass is 16.3. The van der Waals surface area contributed by atoms with Crippen LogP contribution in [-0.4, -0.2) is 52.8 Å². The summed E-state index contributed by atoms with van der Waals surface area (Å²) in [5, 5.41) is 11.0. The maximum atomic E-state index is 12.9. The van der Waals surface area contributed by atoms with Crippen molar-refractivity contribution in [2.75, 3.05) is 26.2 Å². The summed E-state index contributed by atoms with van der Waals surface area (Å²) in [5.41, 5.74) is 1.62. The zero-order valence-corrected chi connectivity index (χ0v) is 17.4. The number of aliphatic hydroxyl groups is 1. The van der Waals surface area contributed by atoms with Crippen molar-refractivity contribution in [3.05, 3.63) is 64.6 Å². The van der Waals surface area contributed by atoms with Crippen molar-refractivity contribution in [2.45, 2.75) is 33.7 Å². The Bertz CT molecular complexity index is 923.